The minimum Gasteiger partial charge on any atom is -0.326 e. The Morgan fingerprint density at radius 2 is 1.70 bits per heavy atom. The van der Waals surface area contributed by atoms with Crippen LogP contribution < -0.4 is 5.73 Å². The van der Waals surface area contributed by atoms with Gasteiger partial charge in [0.05, 0.1) is 0 Å². The first-order valence-corrected chi connectivity index (χ1v) is 8.36. The summed E-state index contributed by atoms with van der Waals surface area (Å²) in [7, 11) is -3.53. The highest BCUT2D eigenvalue weighted by atomic mass is 32.2. The molecule has 0 aliphatic rings. The van der Waals surface area contributed by atoms with Crippen LogP contribution in [0, 0.1) is 11.8 Å². The fraction of sp³-hybridized carbons (Fsp3) is 0.643. The fourth-order valence-corrected chi connectivity index (χ4v) is 3.58. The Hall–Kier alpha value is -0.980. The summed E-state index contributed by atoms with van der Waals surface area (Å²) in [6.45, 7) is 9.39. The van der Waals surface area contributed by atoms with E-state index in [1.165, 1.54) is 16.6 Å². The van der Waals surface area contributed by atoms with Gasteiger partial charge in [-0.25, -0.2) is 13.4 Å². The molecule has 0 spiro atoms. The van der Waals surface area contributed by atoms with Crippen molar-refractivity contribution < 1.29 is 8.42 Å². The van der Waals surface area contributed by atoms with Crippen molar-refractivity contribution in [2.24, 2.45) is 17.6 Å². The van der Waals surface area contributed by atoms with Crippen molar-refractivity contribution >= 4 is 10.0 Å². The molecule has 6 heteroatoms. The van der Waals surface area contributed by atoms with Crippen molar-refractivity contribution in [1.82, 2.24) is 9.29 Å². The van der Waals surface area contributed by atoms with Gasteiger partial charge in [0.1, 0.15) is 0 Å². The number of hydrogen-bond acceptors (Lipinski definition) is 4. The smallest absolute Gasteiger partial charge is 0.260 e. The summed E-state index contributed by atoms with van der Waals surface area (Å²) in [4.78, 5) is 4.05. The molecule has 1 aromatic rings. The van der Waals surface area contributed by atoms with Crippen LogP contribution >= 0.6 is 0 Å². The second kappa shape index (κ2) is 7.15. The van der Waals surface area contributed by atoms with Gasteiger partial charge in [-0.15, -0.1) is 0 Å². The lowest BCUT2D eigenvalue weighted by atomic mass is 10.2. The van der Waals surface area contributed by atoms with Crippen LogP contribution in [-0.4, -0.2) is 30.8 Å². The zero-order chi connectivity index (χ0) is 15.3. The molecule has 0 aliphatic carbocycles. The Morgan fingerprint density at radius 1 is 1.15 bits per heavy atom. The number of aromatic nitrogens is 1. The van der Waals surface area contributed by atoms with Gasteiger partial charge in [0.2, 0.25) is 0 Å². The van der Waals surface area contributed by atoms with E-state index in [2.05, 4.69) is 4.98 Å². The van der Waals surface area contributed by atoms with E-state index in [0.717, 1.165) is 5.56 Å². The standard InChI is InChI=1S/C14H25N3O2S/c1-11(2)9-17(10-12(3)4)20(18,19)14-6-5-13(7-15)8-16-14/h5-6,8,11-12H,7,9-10,15H2,1-4H3. The molecular weight excluding hydrogens is 274 g/mol. The summed E-state index contributed by atoms with van der Waals surface area (Å²) >= 11 is 0. The van der Waals surface area contributed by atoms with Gasteiger partial charge in [0.15, 0.2) is 5.03 Å². The zero-order valence-corrected chi connectivity index (χ0v) is 13.5. The van der Waals surface area contributed by atoms with Crippen molar-refractivity contribution in [1.29, 1.82) is 0 Å². The van der Waals surface area contributed by atoms with Crippen LogP contribution in [0.4, 0.5) is 0 Å². The molecule has 0 saturated heterocycles. The highest BCUT2D eigenvalue weighted by Crippen LogP contribution is 2.17. The van der Waals surface area contributed by atoms with Crippen molar-refractivity contribution in [2.45, 2.75) is 39.3 Å². The van der Waals surface area contributed by atoms with Crippen molar-refractivity contribution in [2.75, 3.05) is 13.1 Å². The molecule has 1 rings (SSSR count). The Bertz CT molecular complexity index is 500. The first-order chi connectivity index (χ1) is 9.27. The maximum absolute atomic E-state index is 12.6. The van der Waals surface area contributed by atoms with E-state index in [9.17, 15) is 8.42 Å². The van der Waals surface area contributed by atoms with Crippen molar-refractivity contribution in [3.8, 4) is 0 Å². The molecule has 0 radical (unpaired) electrons. The predicted molar refractivity (Wildman–Crippen MR) is 80.6 cm³/mol. The van der Waals surface area contributed by atoms with Gasteiger partial charge in [0.25, 0.3) is 10.0 Å². The molecule has 1 heterocycles. The molecule has 0 aromatic carbocycles. The molecule has 0 aliphatic heterocycles. The van der Waals surface area contributed by atoms with Gasteiger partial charge in [-0.05, 0) is 23.5 Å². The molecule has 20 heavy (non-hydrogen) atoms. The van der Waals surface area contributed by atoms with Crippen LogP contribution in [0.2, 0.25) is 0 Å². The lowest BCUT2D eigenvalue weighted by molar-refractivity contribution is 0.332. The van der Waals surface area contributed by atoms with Crippen LogP contribution in [-0.2, 0) is 16.6 Å². The van der Waals surface area contributed by atoms with Gasteiger partial charge in [0, 0.05) is 25.8 Å². The summed E-state index contributed by atoms with van der Waals surface area (Å²) in [5.41, 5.74) is 6.32. The monoisotopic (exact) mass is 299 g/mol. The van der Waals surface area contributed by atoms with Gasteiger partial charge in [-0.2, -0.15) is 4.31 Å². The molecule has 5 nitrogen and oxygen atoms in total. The zero-order valence-electron chi connectivity index (χ0n) is 12.7. The second-order valence-corrected chi connectivity index (χ2v) is 7.70. The Balaban J connectivity index is 3.07. The quantitative estimate of drug-likeness (QED) is 0.833. The minimum absolute atomic E-state index is 0.0935. The van der Waals surface area contributed by atoms with Crippen LogP contribution in [0.25, 0.3) is 0 Å². The average molecular weight is 299 g/mol. The predicted octanol–water partition coefficient (Wildman–Crippen LogP) is 1.84. The molecule has 0 bridgehead atoms. The molecule has 2 N–H and O–H groups in total. The number of nitrogens with zero attached hydrogens (tertiary/aromatic N) is 2. The van der Waals surface area contributed by atoms with Gasteiger partial charge >= 0.3 is 0 Å². The van der Waals surface area contributed by atoms with E-state index in [1.54, 1.807) is 6.07 Å². The largest absolute Gasteiger partial charge is 0.326 e. The summed E-state index contributed by atoms with van der Waals surface area (Å²) in [5.74, 6) is 0.540. The second-order valence-electron chi connectivity index (χ2n) is 5.82. The number of nitrogens with two attached hydrogens (primary N) is 1. The highest BCUT2D eigenvalue weighted by molar-refractivity contribution is 7.89. The summed E-state index contributed by atoms with van der Waals surface area (Å²) in [5, 5.41) is 0.0935. The third kappa shape index (κ3) is 4.54. The maximum atomic E-state index is 12.6. The number of sulfonamides is 1. The maximum Gasteiger partial charge on any atom is 0.260 e. The number of rotatable bonds is 7. The SMILES string of the molecule is CC(C)CN(CC(C)C)S(=O)(=O)c1ccc(CN)cn1. The number of hydrogen-bond donors (Lipinski definition) is 1. The van der Waals surface area contributed by atoms with E-state index in [0.29, 0.717) is 19.6 Å². The molecule has 114 valence electrons. The van der Waals surface area contributed by atoms with Crippen LogP contribution in [0.5, 0.6) is 0 Å². The lowest BCUT2D eigenvalue weighted by Crippen LogP contribution is -2.37. The van der Waals surface area contributed by atoms with Crippen molar-refractivity contribution in [3.05, 3.63) is 23.9 Å². The first-order valence-electron chi connectivity index (χ1n) is 6.92. The normalized spacial score (nSPS) is 12.6. The topological polar surface area (TPSA) is 76.3 Å². The van der Waals surface area contributed by atoms with E-state index in [-0.39, 0.29) is 16.9 Å². The lowest BCUT2D eigenvalue weighted by Gasteiger charge is -2.25. The molecule has 0 saturated carbocycles. The van der Waals surface area contributed by atoms with E-state index >= 15 is 0 Å². The highest BCUT2D eigenvalue weighted by Gasteiger charge is 2.26. The van der Waals surface area contributed by atoms with E-state index in [1.807, 2.05) is 27.7 Å². The van der Waals surface area contributed by atoms with E-state index in [4.69, 9.17) is 5.73 Å². The summed E-state index contributed by atoms with van der Waals surface area (Å²) < 4.78 is 26.8. The van der Waals surface area contributed by atoms with Crippen molar-refractivity contribution in [3.63, 3.8) is 0 Å². The third-order valence-corrected chi connectivity index (χ3v) is 4.52. The molecule has 0 amide bonds. The molecule has 0 fully saturated rings. The van der Waals surface area contributed by atoms with Crippen LogP contribution in [0.1, 0.15) is 33.3 Å². The third-order valence-electron chi connectivity index (χ3n) is 2.78. The van der Waals surface area contributed by atoms with Crippen LogP contribution in [0.15, 0.2) is 23.4 Å². The van der Waals surface area contributed by atoms with Crippen LogP contribution in [0.3, 0.4) is 0 Å². The van der Waals surface area contributed by atoms with Gasteiger partial charge in [-0.1, -0.05) is 33.8 Å². The van der Waals surface area contributed by atoms with Gasteiger partial charge < -0.3 is 5.73 Å². The molecule has 1 aromatic heterocycles. The summed E-state index contributed by atoms with van der Waals surface area (Å²) in [6.07, 6.45) is 1.52. The Morgan fingerprint density at radius 3 is 2.05 bits per heavy atom. The first kappa shape index (κ1) is 17.1. The minimum atomic E-state index is -3.53. The summed E-state index contributed by atoms with van der Waals surface area (Å²) in [6, 6.07) is 3.24. The number of pyridine rings is 1. The fourth-order valence-electron chi connectivity index (χ4n) is 1.90. The molecule has 0 unspecified atom stereocenters. The molecular formula is C14H25N3O2S. The Labute approximate surface area is 122 Å². The molecule has 0 atom stereocenters. The average Bonchev–Trinajstić information content (AvgIpc) is 2.37. The van der Waals surface area contributed by atoms with Gasteiger partial charge in [-0.3, -0.25) is 0 Å². The van der Waals surface area contributed by atoms with E-state index < -0.39 is 10.0 Å². The Kier molecular flexibility index (Phi) is 6.10.